The van der Waals surface area contributed by atoms with Gasteiger partial charge >= 0.3 is 0 Å². The molecule has 0 atom stereocenters. The van der Waals surface area contributed by atoms with Gasteiger partial charge in [0.2, 0.25) is 0 Å². The molecule has 0 bridgehead atoms. The number of aromatic nitrogens is 1. The summed E-state index contributed by atoms with van der Waals surface area (Å²) in [6, 6.07) is 2.63. The first-order chi connectivity index (χ1) is 6.42. The number of halogens is 2. The zero-order valence-electron chi connectivity index (χ0n) is 8.30. The van der Waals surface area contributed by atoms with Gasteiger partial charge in [-0.25, -0.2) is 8.78 Å². The molecule has 4 heteroatoms. The molecule has 0 saturated heterocycles. The Labute approximate surface area is 82.1 Å². The van der Waals surface area contributed by atoms with Crippen LogP contribution in [-0.2, 0) is 5.92 Å². The van der Waals surface area contributed by atoms with Crippen molar-refractivity contribution in [2.75, 3.05) is 6.54 Å². The van der Waals surface area contributed by atoms with E-state index >= 15 is 0 Å². The molecule has 0 unspecified atom stereocenters. The molecule has 1 aromatic rings. The van der Waals surface area contributed by atoms with Gasteiger partial charge in [-0.1, -0.05) is 13.8 Å². The van der Waals surface area contributed by atoms with E-state index in [1.54, 1.807) is 0 Å². The summed E-state index contributed by atoms with van der Waals surface area (Å²) in [7, 11) is 0. The van der Waals surface area contributed by atoms with Crippen LogP contribution in [0.3, 0.4) is 0 Å². The van der Waals surface area contributed by atoms with E-state index in [4.69, 9.17) is 5.73 Å². The van der Waals surface area contributed by atoms with Crippen LogP contribution in [0, 0.1) is 5.41 Å². The SMILES string of the molecule is CC(C)(CN)C(F)(F)c1ccncc1. The maximum atomic E-state index is 13.8. The van der Waals surface area contributed by atoms with Crippen LogP contribution >= 0.6 is 0 Å². The highest BCUT2D eigenvalue weighted by Gasteiger charge is 2.46. The maximum absolute atomic E-state index is 13.8. The van der Waals surface area contributed by atoms with Crippen molar-refractivity contribution in [2.45, 2.75) is 19.8 Å². The number of nitrogens with two attached hydrogens (primary N) is 1. The van der Waals surface area contributed by atoms with Crippen LogP contribution in [0.4, 0.5) is 8.78 Å². The molecule has 1 aromatic heterocycles. The molecule has 2 N–H and O–H groups in total. The molecule has 1 heterocycles. The summed E-state index contributed by atoms with van der Waals surface area (Å²) in [5, 5.41) is 0. The minimum absolute atomic E-state index is 0.0389. The van der Waals surface area contributed by atoms with Crippen LogP contribution in [-0.4, -0.2) is 11.5 Å². The van der Waals surface area contributed by atoms with Crippen molar-refractivity contribution >= 4 is 0 Å². The van der Waals surface area contributed by atoms with Crippen molar-refractivity contribution in [1.29, 1.82) is 0 Å². The van der Waals surface area contributed by atoms with Gasteiger partial charge in [0.1, 0.15) is 0 Å². The normalized spacial score (nSPS) is 12.9. The van der Waals surface area contributed by atoms with E-state index in [2.05, 4.69) is 4.98 Å². The molecule has 0 aliphatic carbocycles. The van der Waals surface area contributed by atoms with E-state index in [0.717, 1.165) is 0 Å². The van der Waals surface area contributed by atoms with Crippen LogP contribution in [0.5, 0.6) is 0 Å². The first-order valence-corrected chi connectivity index (χ1v) is 4.40. The van der Waals surface area contributed by atoms with Gasteiger partial charge in [-0.05, 0) is 12.1 Å². The van der Waals surface area contributed by atoms with Crippen molar-refractivity contribution in [3.8, 4) is 0 Å². The molecular formula is C10H14F2N2. The lowest BCUT2D eigenvalue weighted by Crippen LogP contribution is -2.40. The summed E-state index contributed by atoms with van der Waals surface area (Å²) in [6.45, 7) is 2.84. The third-order valence-electron chi connectivity index (χ3n) is 2.40. The van der Waals surface area contributed by atoms with Gasteiger partial charge in [0, 0.05) is 29.9 Å². The molecule has 0 radical (unpaired) electrons. The minimum atomic E-state index is -2.93. The largest absolute Gasteiger partial charge is 0.330 e. The zero-order valence-corrected chi connectivity index (χ0v) is 8.30. The lowest BCUT2D eigenvalue weighted by molar-refractivity contribution is -0.108. The highest BCUT2D eigenvalue weighted by molar-refractivity contribution is 5.19. The van der Waals surface area contributed by atoms with Gasteiger partial charge in [0.25, 0.3) is 5.92 Å². The Hall–Kier alpha value is -1.03. The zero-order chi connectivity index (χ0) is 10.8. The number of rotatable bonds is 3. The van der Waals surface area contributed by atoms with Crippen LogP contribution in [0.25, 0.3) is 0 Å². The Morgan fingerprint density at radius 2 is 1.79 bits per heavy atom. The molecule has 78 valence electrons. The van der Waals surface area contributed by atoms with Gasteiger partial charge in [-0.2, -0.15) is 0 Å². The summed E-state index contributed by atoms with van der Waals surface area (Å²) in [6.07, 6.45) is 2.71. The smallest absolute Gasteiger partial charge is 0.279 e. The minimum Gasteiger partial charge on any atom is -0.330 e. The summed E-state index contributed by atoms with van der Waals surface area (Å²) < 4.78 is 27.7. The van der Waals surface area contributed by atoms with Crippen molar-refractivity contribution < 1.29 is 8.78 Å². The second-order valence-corrected chi connectivity index (χ2v) is 3.90. The predicted octanol–water partition coefficient (Wildman–Crippen LogP) is 2.16. The fourth-order valence-corrected chi connectivity index (χ4v) is 1.08. The highest BCUT2D eigenvalue weighted by atomic mass is 19.3. The van der Waals surface area contributed by atoms with Gasteiger partial charge in [-0.3, -0.25) is 4.98 Å². The number of pyridine rings is 1. The molecule has 2 nitrogen and oxygen atoms in total. The molecule has 0 aliphatic rings. The lowest BCUT2D eigenvalue weighted by Gasteiger charge is -2.32. The molecule has 0 saturated carbocycles. The van der Waals surface area contributed by atoms with Gasteiger partial charge < -0.3 is 5.73 Å². The second kappa shape index (κ2) is 3.61. The van der Waals surface area contributed by atoms with E-state index in [9.17, 15) is 8.78 Å². The van der Waals surface area contributed by atoms with Crippen LogP contribution < -0.4 is 5.73 Å². The van der Waals surface area contributed by atoms with E-state index in [0.29, 0.717) is 0 Å². The van der Waals surface area contributed by atoms with Crippen molar-refractivity contribution in [1.82, 2.24) is 4.98 Å². The summed E-state index contributed by atoms with van der Waals surface area (Å²) in [5.74, 6) is -2.93. The van der Waals surface area contributed by atoms with Crippen LogP contribution in [0.15, 0.2) is 24.5 Å². The average Bonchev–Trinajstić information content (AvgIpc) is 2.19. The summed E-state index contributed by atoms with van der Waals surface area (Å²) in [5.41, 5.74) is 4.05. The standard InChI is InChI=1S/C10H14F2N2/c1-9(2,7-13)10(11,12)8-3-5-14-6-4-8/h3-6H,7,13H2,1-2H3. The topological polar surface area (TPSA) is 38.9 Å². The van der Waals surface area contributed by atoms with Crippen LogP contribution in [0.1, 0.15) is 19.4 Å². The Morgan fingerprint density at radius 1 is 1.29 bits per heavy atom. The molecule has 14 heavy (non-hydrogen) atoms. The second-order valence-electron chi connectivity index (χ2n) is 3.90. The molecule has 0 aromatic carbocycles. The summed E-state index contributed by atoms with van der Waals surface area (Å²) in [4.78, 5) is 3.70. The van der Waals surface area contributed by atoms with Gasteiger partial charge in [0.15, 0.2) is 0 Å². The fraction of sp³-hybridized carbons (Fsp3) is 0.500. The highest BCUT2D eigenvalue weighted by Crippen LogP contribution is 2.43. The molecule has 0 spiro atoms. The Bertz CT molecular complexity index is 296. The van der Waals surface area contributed by atoms with E-state index in [1.165, 1.54) is 38.4 Å². The third kappa shape index (κ3) is 1.75. The Balaban J connectivity index is 3.08. The lowest BCUT2D eigenvalue weighted by atomic mass is 9.82. The Morgan fingerprint density at radius 3 is 2.21 bits per heavy atom. The first-order valence-electron chi connectivity index (χ1n) is 4.40. The fourth-order valence-electron chi connectivity index (χ4n) is 1.08. The van der Waals surface area contributed by atoms with Crippen molar-refractivity contribution in [2.24, 2.45) is 11.1 Å². The molecule has 0 amide bonds. The van der Waals surface area contributed by atoms with E-state index in [-0.39, 0.29) is 12.1 Å². The molecule has 0 aliphatic heterocycles. The van der Waals surface area contributed by atoms with Crippen molar-refractivity contribution in [3.63, 3.8) is 0 Å². The number of hydrogen-bond donors (Lipinski definition) is 1. The summed E-state index contributed by atoms with van der Waals surface area (Å²) >= 11 is 0. The Kier molecular flexibility index (Phi) is 2.85. The van der Waals surface area contributed by atoms with Gasteiger partial charge in [-0.15, -0.1) is 0 Å². The quantitative estimate of drug-likeness (QED) is 0.812. The average molecular weight is 200 g/mol. The van der Waals surface area contributed by atoms with E-state index < -0.39 is 11.3 Å². The number of nitrogens with zero attached hydrogens (tertiary/aromatic N) is 1. The monoisotopic (exact) mass is 200 g/mol. The predicted molar refractivity (Wildman–Crippen MR) is 51.0 cm³/mol. The molecule has 0 fully saturated rings. The molecular weight excluding hydrogens is 186 g/mol. The molecule has 1 rings (SSSR count). The number of hydrogen-bond acceptors (Lipinski definition) is 2. The van der Waals surface area contributed by atoms with Crippen LogP contribution in [0.2, 0.25) is 0 Å². The van der Waals surface area contributed by atoms with E-state index in [1.807, 2.05) is 0 Å². The first kappa shape index (κ1) is 11.0. The van der Waals surface area contributed by atoms with Crippen molar-refractivity contribution in [3.05, 3.63) is 30.1 Å². The maximum Gasteiger partial charge on any atom is 0.279 e. The third-order valence-corrected chi connectivity index (χ3v) is 2.40. The van der Waals surface area contributed by atoms with Gasteiger partial charge in [0.05, 0.1) is 0 Å². The number of alkyl halides is 2.